The highest BCUT2D eigenvalue weighted by molar-refractivity contribution is 5.88. The van der Waals surface area contributed by atoms with Crippen LogP contribution in [0.2, 0.25) is 0 Å². The summed E-state index contributed by atoms with van der Waals surface area (Å²) in [5.74, 6) is 0.526. The number of pyridine rings is 1. The van der Waals surface area contributed by atoms with Crippen molar-refractivity contribution in [2.45, 2.75) is 33.2 Å². The first-order valence-electron chi connectivity index (χ1n) is 8.47. The van der Waals surface area contributed by atoms with Gasteiger partial charge in [0.15, 0.2) is 0 Å². The lowest BCUT2D eigenvalue weighted by Crippen LogP contribution is -2.22. The third-order valence-corrected chi connectivity index (χ3v) is 4.17. The summed E-state index contributed by atoms with van der Waals surface area (Å²) in [7, 11) is 0. The van der Waals surface area contributed by atoms with Gasteiger partial charge in [-0.2, -0.15) is 0 Å². The Hall–Kier alpha value is -2.95. The monoisotopic (exact) mass is 334 g/mol. The van der Waals surface area contributed by atoms with Gasteiger partial charge >= 0.3 is 0 Å². The number of benzene rings is 1. The van der Waals surface area contributed by atoms with E-state index in [1.807, 2.05) is 56.3 Å². The Morgan fingerprint density at radius 2 is 2.00 bits per heavy atom. The van der Waals surface area contributed by atoms with E-state index in [2.05, 4.69) is 17.2 Å². The van der Waals surface area contributed by atoms with Gasteiger partial charge in [0, 0.05) is 24.1 Å². The number of rotatable bonds is 5. The molecule has 0 fully saturated rings. The Morgan fingerprint density at radius 3 is 2.72 bits per heavy atom. The Bertz CT molecular complexity index is 961. The van der Waals surface area contributed by atoms with Crippen molar-refractivity contribution in [3.8, 4) is 0 Å². The minimum Gasteiger partial charge on any atom is -0.339 e. The van der Waals surface area contributed by atoms with Crippen LogP contribution in [0.15, 0.2) is 58.4 Å². The molecule has 1 N–H and O–H groups in total. The fraction of sp³-hybridized carbons (Fsp3) is 0.250. The van der Waals surface area contributed by atoms with Gasteiger partial charge in [-0.1, -0.05) is 31.2 Å². The molecule has 0 aliphatic heterocycles. The van der Waals surface area contributed by atoms with Crippen LogP contribution in [0.3, 0.4) is 0 Å². The fourth-order valence-electron chi connectivity index (χ4n) is 2.49. The van der Waals surface area contributed by atoms with Gasteiger partial charge in [-0.3, -0.25) is 14.2 Å². The van der Waals surface area contributed by atoms with E-state index in [1.165, 1.54) is 0 Å². The van der Waals surface area contributed by atoms with Crippen LogP contribution in [-0.2, 0) is 0 Å². The van der Waals surface area contributed by atoms with Crippen LogP contribution in [-0.4, -0.2) is 21.6 Å². The molecule has 0 aliphatic carbocycles. The van der Waals surface area contributed by atoms with E-state index in [1.54, 1.807) is 16.8 Å². The van der Waals surface area contributed by atoms with E-state index in [-0.39, 0.29) is 11.6 Å². The third-order valence-electron chi connectivity index (χ3n) is 4.17. The molecule has 5 heteroatoms. The van der Waals surface area contributed by atoms with Crippen LogP contribution in [0.1, 0.15) is 31.4 Å². The first kappa shape index (κ1) is 16.9. The van der Waals surface area contributed by atoms with Crippen LogP contribution in [0.5, 0.6) is 0 Å². The Balaban J connectivity index is 2.19. The molecule has 1 aromatic carbocycles. The topological polar surface area (TPSA) is 58.8 Å². The van der Waals surface area contributed by atoms with Crippen molar-refractivity contribution < 1.29 is 0 Å². The van der Waals surface area contributed by atoms with Gasteiger partial charge in [0.05, 0.1) is 0 Å². The average Bonchev–Trinajstić information content (AvgIpc) is 2.63. The predicted octanol–water partition coefficient (Wildman–Crippen LogP) is 3.96. The maximum absolute atomic E-state index is 13.0. The predicted molar refractivity (Wildman–Crippen MR) is 103 cm³/mol. The molecule has 128 valence electrons. The van der Waals surface area contributed by atoms with Crippen LogP contribution in [0.25, 0.3) is 5.65 Å². The number of anilines is 2. The van der Waals surface area contributed by atoms with Crippen molar-refractivity contribution in [2.75, 3.05) is 5.32 Å². The van der Waals surface area contributed by atoms with Crippen molar-refractivity contribution in [1.29, 1.82) is 0 Å². The zero-order valence-corrected chi connectivity index (χ0v) is 14.7. The standard InChI is InChI=1S/C20H22N4O/c1-4-15(3)21-13-17-18(22-16-10-6-5-7-11-16)23-19-14(2)9-8-12-24(19)20(17)25/h5-13,15,22H,4H2,1-3H3/t15-/m0/s1. The number of nitrogens with one attached hydrogen (secondary N) is 1. The summed E-state index contributed by atoms with van der Waals surface area (Å²) in [5.41, 5.74) is 2.81. The smallest absolute Gasteiger partial charge is 0.268 e. The van der Waals surface area contributed by atoms with E-state index in [0.717, 1.165) is 17.7 Å². The summed E-state index contributed by atoms with van der Waals surface area (Å²) in [4.78, 5) is 22.2. The van der Waals surface area contributed by atoms with Crippen LogP contribution < -0.4 is 10.9 Å². The molecule has 0 spiro atoms. The number of hydrogen-bond acceptors (Lipinski definition) is 4. The van der Waals surface area contributed by atoms with Gasteiger partial charge in [0.25, 0.3) is 5.56 Å². The molecule has 3 aromatic rings. The zero-order chi connectivity index (χ0) is 17.8. The lowest BCUT2D eigenvalue weighted by atomic mass is 10.2. The maximum atomic E-state index is 13.0. The number of para-hydroxylation sites is 1. The quantitative estimate of drug-likeness (QED) is 0.718. The highest BCUT2D eigenvalue weighted by Crippen LogP contribution is 2.18. The van der Waals surface area contributed by atoms with E-state index in [9.17, 15) is 4.79 Å². The Kier molecular flexibility index (Phi) is 4.93. The number of aromatic nitrogens is 2. The fourth-order valence-corrected chi connectivity index (χ4v) is 2.49. The van der Waals surface area contributed by atoms with Gasteiger partial charge < -0.3 is 5.32 Å². The molecule has 0 saturated carbocycles. The first-order valence-corrected chi connectivity index (χ1v) is 8.47. The van der Waals surface area contributed by atoms with E-state index < -0.39 is 0 Å². The SMILES string of the molecule is CC[C@H](C)N=Cc1c(Nc2ccccc2)nc2c(C)cccn2c1=O. The van der Waals surface area contributed by atoms with Gasteiger partial charge in [0.2, 0.25) is 0 Å². The molecule has 5 nitrogen and oxygen atoms in total. The minimum absolute atomic E-state index is 0.126. The summed E-state index contributed by atoms with van der Waals surface area (Å²) in [6.45, 7) is 6.04. The molecule has 0 radical (unpaired) electrons. The van der Waals surface area contributed by atoms with Gasteiger partial charge in [-0.05, 0) is 44.0 Å². The van der Waals surface area contributed by atoms with Crippen molar-refractivity contribution in [3.05, 3.63) is 70.1 Å². The summed E-state index contributed by atoms with van der Waals surface area (Å²) < 4.78 is 1.57. The maximum Gasteiger partial charge on any atom is 0.268 e. The van der Waals surface area contributed by atoms with Crippen molar-refractivity contribution in [3.63, 3.8) is 0 Å². The molecule has 2 aromatic heterocycles. The van der Waals surface area contributed by atoms with E-state index >= 15 is 0 Å². The number of aliphatic imine (C=N–C) groups is 1. The second-order valence-electron chi connectivity index (χ2n) is 6.09. The Labute approximate surface area is 147 Å². The number of nitrogens with zero attached hydrogens (tertiary/aromatic N) is 3. The second-order valence-corrected chi connectivity index (χ2v) is 6.09. The molecule has 2 heterocycles. The molecule has 1 atom stereocenters. The second kappa shape index (κ2) is 7.30. The number of fused-ring (bicyclic) bond motifs is 1. The molecule has 0 amide bonds. The van der Waals surface area contributed by atoms with Crippen LogP contribution in [0, 0.1) is 6.92 Å². The average molecular weight is 334 g/mol. The largest absolute Gasteiger partial charge is 0.339 e. The van der Waals surface area contributed by atoms with Crippen molar-refractivity contribution >= 4 is 23.4 Å². The lowest BCUT2D eigenvalue weighted by Gasteiger charge is -2.12. The molecule has 0 saturated heterocycles. The normalized spacial score (nSPS) is 12.6. The van der Waals surface area contributed by atoms with Gasteiger partial charge in [-0.15, -0.1) is 0 Å². The van der Waals surface area contributed by atoms with E-state index in [4.69, 9.17) is 4.98 Å². The zero-order valence-electron chi connectivity index (χ0n) is 14.7. The van der Waals surface area contributed by atoms with Gasteiger partial charge in [0.1, 0.15) is 17.0 Å². The van der Waals surface area contributed by atoms with Crippen LogP contribution in [0.4, 0.5) is 11.5 Å². The highest BCUT2D eigenvalue weighted by atomic mass is 16.1. The third kappa shape index (κ3) is 3.60. The van der Waals surface area contributed by atoms with Crippen molar-refractivity contribution in [1.82, 2.24) is 9.38 Å². The summed E-state index contributed by atoms with van der Waals surface area (Å²) in [6, 6.07) is 13.7. The van der Waals surface area contributed by atoms with Crippen molar-refractivity contribution in [2.24, 2.45) is 4.99 Å². The number of hydrogen-bond donors (Lipinski definition) is 1. The lowest BCUT2D eigenvalue weighted by molar-refractivity contribution is 0.720. The summed E-state index contributed by atoms with van der Waals surface area (Å²) >= 11 is 0. The van der Waals surface area contributed by atoms with Gasteiger partial charge in [-0.25, -0.2) is 4.98 Å². The minimum atomic E-state index is -0.126. The molecule has 25 heavy (non-hydrogen) atoms. The molecule has 3 rings (SSSR count). The summed E-state index contributed by atoms with van der Waals surface area (Å²) in [5, 5.41) is 3.26. The molecular formula is C20H22N4O. The van der Waals surface area contributed by atoms with Crippen LogP contribution >= 0.6 is 0 Å². The summed E-state index contributed by atoms with van der Waals surface area (Å²) in [6.07, 6.45) is 4.30. The molecule has 0 bridgehead atoms. The highest BCUT2D eigenvalue weighted by Gasteiger charge is 2.13. The molecule has 0 unspecified atom stereocenters. The number of aryl methyl sites for hydroxylation is 1. The molecular weight excluding hydrogens is 312 g/mol. The molecule has 0 aliphatic rings. The van der Waals surface area contributed by atoms with E-state index in [0.29, 0.717) is 17.0 Å². The Morgan fingerprint density at radius 1 is 1.24 bits per heavy atom. The first-order chi connectivity index (χ1) is 12.1.